The molecule has 5 nitrogen and oxygen atoms in total. The number of aromatic nitrogens is 2. The van der Waals surface area contributed by atoms with E-state index in [1.54, 1.807) is 12.1 Å². The highest BCUT2D eigenvalue weighted by Crippen LogP contribution is 2.17. The first-order chi connectivity index (χ1) is 8.15. The molecule has 90 valence electrons. The van der Waals surface area contributed by atoms with E-state index in [0.29, 0.717) is 10.9 Å². The summed E-state index contributed by atoms with van der Waals surface area (Å²) < 4.78 is 0. The zero-order chi connectivity index (χ0) is 12.4. The third-order valence-electron chi connectivity index (χ3n) is 2.85. The number of benzene rings is 1. The van der Waals surface area contributed by atoms with Crippen molar-refractivity contribution in [1.82, 2.24) is 9.97 Å². The zero-order valence-electron chi connectivity index (χ0n) is 9.91. The molecule has 0 aliphatic carbocycles. The molecule has 0 fully saturated rings. The summed E-state index contributed by atoms with van der Waals surface area (Å²) in [6.45, 7) is 5.88. The quantitative estimate of drug-likeness (QED) is 0.833. The molecule has 2 rings (SSSR count). The maximum absolute atomic E-state index is 11.7. The Morgan fingerprint density at radius 1 is 1.12 bits per heavy atom. The van der Waals surface area contributed by atoms with Crippen molar-refractivity contribution in [2.24, 2.45) is 0 Å². The molecular formula is C12H15N3O2. The fourth-order valence-electron chi connectivity index (χ4n) is 1.94. The summed E-state index contributed by atoms with van der Waals surface area (Å²) in [5, 5.41) is 0.508. The van der Waals surface area contributed by atoms with Gasteiger partial charge in [0.2, 0.25) is 0 Å². The van der Waals surface area contributed by atoms with Crippen molar-refractivity contribution in [3.05, 3.63) is 39.0 Å². The molecule has 0 atom stereocenters. The van der Waals surface area contributed by atoms with Crippen molar-refractivity contribution in [2.45, 2.75) is 13.8 Å². The molecule has 5 heteroatoms. The molecule has 0 amide bonds. The second-order valence-corrected chi connectivity index (χ2v) is 3.81. The molecule has 1 heterocycles. The molecule has 0 aliphatic rings. The largest absolute Gasteiger partial charge is 0.372 e. The summed E-state index contributed by atoms with van der Waals surface area (Å²) in [7, 11) is 0. The van der Waals surface area contributed by atoms with Gasteiger partial charge in [0.25, 0.3) is 5.56 Å². The molecule has 0 radical (unpaired) electrons. The summed E-state index contributed by atoms with van der Waals surface area (Å²) in [5.41, 5.74) is 0.727. The first-order valence-electron chi connectivity index (χ1n) is 5.67. The zero-order valence-corrected chi connectivity index (χ0v) is 9.91. The van der Waals surface area contributed by atoms with Crippen LogP contribution in [-0.4, -0.2) is 23.1 Å². The molecule has 1 aromatic heterocycles. The van der Waals surface area contributed by atoms with E-state index >= 15 is 0 Å². The number of nitrogens with zero attached hydrogens (tertiary/aromatic N) is 1. The Bertz CT molecular complexity index is 638. The summed E-state index contributed by atoms with van der Waals surface area (Å²) in [5.74, 6) is 0. The molecule has 17 heavy (non-hydrogen) atoms. The van der Waals surface area contributed by atoms with Crippen molar-refractivity contribution >= 4 is 16.6 Å². The predicted octanol–water partition coefficient (Wildman–Crippen LogP) is 1.06. The van der Waals surface area contributed by atoms with Crippen molar-refractivity contribution in [2.75, 3.05) is 18.0 Å². The first kappa shape index (κ1) is 11.4. The number of H-pyrrole nitrogens is 2. The van der Waals surface area contributed by atoms with Crippen LogP contribution in [0, 0.1) is 0 Å². The summed E-state index contributed by atoms with van der Waals surface area (Å²) in [6, 6.07) is 5.47. The first-order valence-corrected chi connectivity index (χ1v) is 5.67. The van der Waals surface area contributed by atoms with Gasteiger partial charge in [-0.2, -0.15) is 0 Å². The van der Waals surface area contributed by atoms with Crippen LogP contribution in [0.1, 0.15) is 13.8 Å². The highest BCUT2D eigenvalue weighted by molar-refractivity contribution is 5.81. The SMILES string of the molecule is CCN(CC)c1ccc2[nH]c(=O)[nH]c(=O)c2c1. The molecule has 0 unspecified atom stereocenters. The third-order valence-corrected chi connectivity index (χ3v) is 2.85. The Hall–Kier alpha value is -2.04. The van der Waals surface area contributed by atoms with Gasteiger partial charge in [0.15, 0.2) is 0 Å². The fourth-order valence-corrected chi connectivity index (χ4v) is 1.94. The van der Waals surface area contributed by atoms with Gasteiger partial charge in [-0.05, 0) is 32.0 Å². The van der Waals surface area contributed by atoms with Crippen molar-refractivity contribution in [1.29, 1.82) is 0 Å². The van der Waals surface area contributed by atoms with E-state index < -0.39 is 5.69 Å². The number of hydrogen-bond acceptors (Lipinski definition) is 3. The van der Waals surface area contributed by atoms with Gasteiger partial charge in [0.05, 0.1) is 10.9 Å². The Labute approximate surface area is 98.1 Å². The molecule has 2 N–H and O–H groups in total. The lowest BCUT2D eigenvalue weighted by Gasteiger charge is -2.21. The Kier molecular flexibility index (Phi) is 2.99. The van der Waals surface area contributed by atoms with Crippen LogP contribution in [0.2, 0.25) is 0 Å². The molecule has 0 saturated heterocycles. The number of rotatable bonds is 3. The van der Waals surface area contributed by atoms with E-state index in [-0.39, 0.29) is 5.56 Å². The van der Waals surface area contributed by atoms with E-state index in [9.17, 15) is 9.59 Å². The highest BCUT2D eigenvalue weighted by atomic mass is 16.2. The molecule has 0 aliphatic heterocycles. The van der Waals surface area contributed by atoms with E-state index in [1.165, 1.54) is 0 Å². The minimum Gasteiger partial charge on any atom is -0.372 e. The van der Waals surface area contributed by atoms with Crippen molar-refractivity contribution in [3.63, 3.8) is 0 Å². The van der Waals surface area contributed by atoms with Crippen LogP contribution in [0.4, 0.5) is 5.69 Å². The Morgan fingerprint density at radius 2 is 1.82 bits per heavy atom. The second-order valence-electron chi connectivity index (χ2n) is 3.81. The van der Waals surface area contributed by atoms with Gasteiger partial charge in [0.1, 0.15) is 0 Å². The van der Waals surface area contributed by atoms with Crippen LogP contribution in [0.15, 0.2) is 27.8 Å². The van der Waals surface area contributed by atoms with Gasteiger partial charge in [-0.25, -0.2) is 4.79 Å². The van der Waals surface area contributed by atoms with Crippen LogP contribution in [0.3, 0.4) is 0 Å². The van der Waals surface area contributed by atoms with E-state index in [4.69, 9.17) is 0 Å². The van der Waals surface area contributed by atoms with Gasteiger partial charge < -0.3 is 9.88 Å². The maximum atomic E-state index is 11.7. The van der Waals surface area contributed by atoms with E-state index in [1.807, 2.05) is 6.07 Å². The fraction of sp³-hybridized carbons (Fsp3) is 0.333. The lowest BCUT2D eigenvalue weighted by Crippen LogP contribution is -2.24. The molecule has 0 saturated carbocycles. The summed E-state index contributed by atoms with van der Waals surface area (Å²) >= 11 is 0. The van der Waals surface area contributed by atoms with Crippen LogP contribution in [0.5, 0.6) is 0 Å². The minimum absolute atomic E-state index is 0.349. The minimum atomic E-state index is -0.474. The third kappa shape index (κ3) is 2.08. The van der Waals surface area contributed by atoms with Crippen LogP contribution >= 0.6 is 0 Å². The standard InChI is InChI=1S/C12H15N3O2/c1-3-15(4-2)8-5-6-10-9(7-8)11(16)14-12(17)13-10/h5-7H,3-4H2,1-2H3,(H2,13,14,16,17). The van der Waals surface area contributed by atoms with E-state index in [2.05, 4.69) is 28.7 Å². The maximum Gasteiger partial charge on any atom is 0.326 e. The van der Waals surface area contributed by atoms with Crippen molar-refractivity contribution in [3.8, 4) is 0 Å². The number of fused-ring (bicyclic) bond motifs is 1. The Balaban J connectivity index is 2.65. The molecule has 2 aromatic rings. The number of nitrogens with one attached hydrogen (secondary N) is 2. The highest BCUT2D eigenvalue weighted by Gasteiger charge is 2.05. The van der Waals surface area contributed by atoms with Gasteiger partial charge in [-0.15, -0.1) is 0 Å². The van der Waals surface area contributed by atoms with E-state index in [0.717, 1.165) is 18.8 Å². The van der Waals surface area contributed by atoms with Gasteiger partial charge >= 0.3 is 5.69 Å². The smallest absolute Gasteiger partial charge is 0.326 e. The van der Waals surface area contributed by atoms with Gasteiger partial charge in [-0.1, -0.05) is 0 Å². The van der Waals surface area contributed by atoms with Gasteiger partial charge in [-0.3, -0.25) is 9.78 Å². The summed E-state index contributed by atoms with van der Waals surface area (Å²) in [6.07, 6.45) is 0. The van der Waals surface area contributed by atoms with Crippen molar-refractivity contribution < 1.29 is 0 Å². The normalized spacial score (nSPS) is 10.7. The lowest BCUT2D eigenvalue weighted by molar-refractivity contribution is 0.867. The second kappa shape index (κ2) is 4.45. The Morgan fingerprint density at radius 3 is 2.47 bits per heavy atom. The monoisotopic (exact) mass is 233 g/mol. The molecule has 0 bridgehead atoms. The lowest BCUT2D eigenvalue weighted by atomic mass is 10.2. The average Bonchev–Trinajstić information content (AvgIpc) is 2.31. The number of hydrogen-bond donors (Lipinski definition) is 2. The molecule has 0 spiro atoms. The number of aromatic amines is 2. The predicted molar refractivity (Wildman–Crippen MR) is 68.8 cm³/mol. The summed E-state index contributed by atoms with van der Waals surface area (Å²) in [4.78, 5) is 29.7. The van der Waals surface area contributed by atoms with Gasteiger partial charge in [0, 0.05) is 18.8 Å². The van der Waals surface area contributed by atoms with Crippen LogP contribution in [-0.2, 0) is 0 Å². The topological polar surface area (TPSA) is 69.0 Å². The number of anilines is 1. The van der Waals surface area contributed by atoms with Crippen LogP contribution < -0.4 is 16.1 Å². The molecule has 1 aromatic carbocycles. The average molecular weight is 233 g/mol. The molecular weight excluding hydrogens is 218 g/mol. The van der Waals surface area contributed by atoms with Crippen LogP contribution in [0.25, 0.3) is 10.9 Å².